The zero-order chi connectivity index (χ0) is 16.8. The number of hydrogen-bond acceptors (Lipinski definition) is 3. The lowest BCUT2D eigenvalue weighted by Crippen LogP contribution is -2.00. The molecule has 1 aromatic heterocycles. The molecule has 2 aromatic carbocycles. The summed E-state index contributed by atoms with van der Waals surface area (Å²) >= 11 is 0. The Balaban J connectivity index is 1.82. The van der Waals surface area contributed by atoms with Crippen LogP contribution in [0.15, 0.2) is 67.3 Å². The number of hydrogen-bond donors (Lipinski definition) is 0. The molecule has 5 heteroatoms. The van der Waals surface area contributed by atoms with Crippen molar-refractivity contribution < 1.29 is 4.39 Å². The van der Waals surface area contributed by atoms with E-state index in [-0.39, 0.29) is 5.82 Å². The maximum Gasteiger partial charge on any atom is 0.138 e. The predicted octanol–water partition coefficient (Wildman–Crippen LogP) is 3.81. The first-order chi connectivity index (χ1) is 11.8. The molecule has 4 nitrogen and oxygen atoms in total. The molecular formula is C19H15FN4. The standard InChI is InChI=1S/C19H15FN4/c20-18-10-6-15(7-11-18)2-1-3-19(24-14-22-13-23-24)17-8-4-16(12-21)5-9-17/h3-11,13-14H,1-2H2. The van der Waals surface area contributed by atoms with E-state index in [9.17, 15) is 4.39 Å². The van der Waals surface area contributed by atoms with Crippen molar-refractivity contribution in [2.24, 2.45) is 0 Å². The smallest absolute Gasteiger partial charge is 0.138 e. The SMILES string of the molecule is N#Cc1ccc(C(=CCCc2ccc(F)cc2)n2cncn2)cc1. The van der Waals surface area contributed by atoms with E-state index in [1.807, 2.05) is 12.1 Å². The third-order valence-corrected chi connectivity index (χ3v) is 3.66. The lowest BCUT2D eigenvalue weighted by atomic mass is 10.1. The molecule has 0 unspecified atom stereocenters. The zero-order valence-electron chi connectivity index (χ0n) is 12.9. The highest BCUT2D eigenvalue weighted by atomic mass is 19.1. The van der Waals surface area contributed by atoms with Gasteiger partial charge in [-0.25, -0.2) is 14.1 Å². The van der Waals surface area contributed by atoms with Gasteiger partial charge in [-0.05, 0) is 48.2 Å². The Labute approximate surface area is 139 Å². The normalized spacial score (nSPS) is 11.2. The number of nitrogens with zero attached hydrogens (tertiary/aromatic N) is 4. The molecule has 24 heavy (non-hydrogen) atoms. The maximum atomic E-state index is 13.0. The monoisotopic (exact) mass is 318 g/mol. The van der Waals surface area contributed by atoms with Crippen molar-refractivity contribution in [1.29, 1.82) is 5.26 Å². The quantitative estimate of drug-likeness (QED) is 0.719. The molecule has 0 N–H and O–H groups in total. The number of allylic oxidation sites excluding steroid dienone is 1. The van der Waals surface area contributed by atoms with Crippen LogP contribution >= 0.6 is 0 Å². The molecule has 0 saturated carbocycles. The number of aryl methyl sites for hydroxylation is 1. The topological polar surface area (TPSA) is 54.5 Å². The largest absolute Gasteiger partial charge is 0.223 e. The second-order valence-electron chi connectivity index (χ2n) is 5.28. The fraction of sp³-hybridized carbons (Fsp3) is 0.105. The molecule has 0 spiro atoms. The van der Waals surface area contributed by atoms with Gasteiger partial charge in [0.2, 0.25) is 0 Å². The highest BCUT2D eigenvalue weighted by Crippen LogP contribution is 2.18. The third-order valence-electron chi connectivity index (χ3n) is 3.66. The minimum Gasteiger partial charge on any atom is -0.223 e. The van der Waals surface area contributed by atoms with E-state index < -0.39 is 0 Å². The minimum absolute atomic E-state index is 0.227. The van der Waals surface area contributed by atoms with Crippen LogP contribution in [0.1, 0.15) is 23.1 Å². The predicted molar refractivity (Wildman–Crippen MR) is 89.3 cm³/mol. The van der Waals surface area contributed by atoms with Gasteiger partial charge in [-0.3, -0.25) is 0 Å². The highest BCUT2D eigenvalue weighted by Gasteiger charge is 2.05. The summed E-state index contributed by atoms with van der Waals surface area (Å²) in [5, 5.41) is 13.1. The molecule has 3 rings (SSSR count). The number of rotatable bonds is 5. The first-order valence-electron chi connectivity index (χ1n) is 7.56. The summed E-state index contributed by atoms with van der Waals surface area (Å²) in [4.78, 5) is 4.00. The Morgan fingerprint density at radius 2 is 1.88 bits per heavy atom. The van der Waals surface area contributed by atoms with Crippen LogP contribution in [0, 0.1) is 17.1 Å². The molecule has 0 aliphatic rings. The lowest BCUT2D eigenvalue weighted by molar-refractivity contribution is 0.627. The minimum atomic E-state index is -0.227. The van der Waals surface area contributed by atoms with E-state index in [0.717, 1.165) is 29.7 Å². The number of aromatic nitrogens is 3. The summed E-state index contributed by atoms with van der Waals surface area (Å²) in [5.41, 5.74) is 3.55. The van der Waals surface area contributed by atoms with Gasteiger partial charge in [0.25, 0.3) is 0 Å². The van der Waals surface area contributed by atoms with Gasteiger partial charge in [0.05, 0.1) is 17.3 Å². The van der Waals surface area contributed by atoms with Gasteiger partial charge in [-0.15, -0.1) is 0 Å². The number of nitriles is 1. The van der Waals surface area contributed by atoms with Gasteiger partial charge >= 0.3 is 0 Å². The Morgan fingerprint density at radius 3 is 2.50 bits per heavy atom. The van der Waals surface area contributed by atoms with Gasteiger partial charge < -0.3 is 0 Å². The fourth-order valence-corrected chi connectivity index (χ4v) is 2.42. The first kappa shape index (κ1) is 15.6. The maximum absolute atomic E-state index is 13.0. The Hall–Kier alpha value is -3.26. The van der Waals surface area contributed by atoms with Gasteiger partial charge in [0, 0.05) is 0 Å². The van der Waals surface area contributed by atoms with Gasteiger partial charge in [-0.1, -0.05) is 30.3 Å². The molecule has 0 aliphatic carbocycles. The van der Waals surface area contributed by atoms with Crippen LogP contribution in [-0.2, 0) is 6.42 Å². The molecule has 0 atom stereocenters. The van der Waals surface area contributed by atoms with Crippen molar-refractivity contribution in [1.82, 2.24) is 14.8 Å². The van der Waals surface area contributed by atoms with Crippen LogP contribution < -0.4 is 0 Å². The van der Waals surface area contributed by atoms with Crippen molar-refractivity contribution >= 4 is 5.70 Å². The van der Waals surface area contributed by atoms with E-state index in [1.54, 1.807) is 35.3 Å². The molecule has 1 heterocycles. The number of halogens is 1. The van der Waals surface area contributed by atoms with Crippen LogP contribution in [0.2, 0.25) is 0 Å². The second-order valence-corrected chi connectivity index (χ2v) is 5.28. The Kier molecular flexibility index (Phi) is 4.78. The molecule has 0 aliphatic heterocycles. The van der Waals surface area contributed by atoms with E-state index >= 15 is 0 Å². The molecule has 0 fully saturated rings. The molecule has 0 radical (unpaired) electrons. The van der Waals surface area contributed by atoms with Crippen LogP contribution in [0.4, 0.5) is 4.39 Å². The Morgan fingerprint density at radius 1 is 1.12 bits per heavy atom. The van der Waals surface area contributed by atoms with Crippen LogP contribution in [0.3, 0.4) is 0 Å². The van der Waals surface area contributed by atoms with Gasteiger partial charge in [-0.2, -0.15) is 10.4 Å². The summed E-state index contributed by atoms with van der Waals surface area (Å²) in [6.07, 6.45) is 6.77. The van der Waals surface area contributed by atoms with Crippen molar-refractivity contribution in [3.05, 3.63) is 89.8 Å². The van der Waals surface area contributed by atoms with E-state index in [4.69, 9.17) is 5.26 Å². The molecule has 0 saturated heterocycles. The van der Waals surface area contributed by atoms with E-state index in [2.05, 4.69) is 22.2 Å². The molecule has 0 amide bonds. The van der Waals surface area contributed by atoms with Gasteiger partial charge in [0.15, 0.2) is 0 Å². The average molecular weight is 318 g/mol. The van der Waals surface area contributed by atoms with Crippen LogP contribution in [0.25, 0.3) is 5.70 Å². The highest BCUT2D eigenvalue weighted by molar-refractivity contribution is 5.65. The number of benzene rings is 2. The van der Waals surface area contributed by atoms with Gasteiger partial charge in [0.1, 0.15) is 18.5 Å². The molecular weight excluding hydrogens is 303 g/mol. The van der Waals surface area contributed by atoms with Crippen molar-refractivity contribution in [3.63, 3.8) is 0 Å². The summed E-state index contributed by atoms with van der Waals surface area (Å²) in [7, 11) is 0. The van der Waals surface area contributed by atoms with Crippen molar-refractivity contribution in [3.8, 4) is 6.07 Å². The van der Waals surface area contributed by atoms with Crippen LogP contribution in [-0.4, -0.2) is 14.8 Å². The molecule has 3 aromatic rings. The van der Waals surface area contributed by atoms with E-state index in [1.165, 1.54) is 18.5 Å². The third kappa shape index (κ3) is 3.73. The molecule has 118 valence electrons. The lowest BCUT2D eigenvalue weighted by Gasteiger charge is -2.08. The summed E-state index contributed by atoms with van der Waals surface area (Å²) < 4.78 is 14.7. The van der Waals surface area contributed by atoms with Crippen LogP contribution in [0.5, 0.6) is 0 Å². The van der Waals surface area contributed by atoms with Crippen molar-refractivity contribution in [2.75, 3.05) is 0 Å². The summed E-state index contributed by atoms with van der Waals surface area (Å²) in [6, 6.07) is 16.0. The zero-order valence-corrected chi connectivity index (χ0v) is 12.9. The molecule has 0 bridgehead atoms. The van der Waals surface area contributed by atoms with E-state index in [0.29, 0.717) is 5.56 Å². The fourth-order valence-electron chi connectivity index (χ4n) is 2.42. The van der Waals surface area contributed by atoms with Crippen molar-refractivity contribution in [2.45, 2.75) is 12.8 Å². The summed E-state index contributed by atoms with van der Waals surface area (Å²) in [6.45, 7) is 0. The second kappa shape index (κ2) is 7.34. The first-order valence-corrected chi connectivity index (χ1v) is 7.56. The average Bonchev–Trinajstić information content (AvgIpc) is 3.15. The Bertz CT molecular complexity index is 857. The summed E-state index contributed by atoms with van der Waals surface area (Å²) in [5.74, 6) is -0.227.